The van der Waals surface area contributed by atoms with Gasteiger partial charge >= 0.3 is 0 Å². The normalized spacial score (nSPS) is 12.2. The number of fused-ring (bicyclic) bond motifs is 8. The number of benzene rings is 7. The number of nitrogens with zero attached hydrogens (tertiary/aromatic N) is 3. The molecular formula is C43H29N3OSi. The van der Waals surface area contributed by atoms with Gasteiger partial charge in [-0.1, -0.05) is 127 Å². The Balaban J connectivity index is 1.32. The van der Waals surface area contributed by atoms with Crippen molar-refractivity contribution < 1.29 is 4.42 Å². The zero-order valence-corrected chi connectivity index (χ0v) is 27.0. The van der Waals surface area contributed by atoms with E-state index in [-0.39, 0.29) is 0 Å². The highest BCUT2D eigenvalue weighted by molar-refractivity contribution is 7.20. The molecule has 0 aliphatic rings. The second-order valence-electron chi connectivity index (χ2n) is 12.4. The maximum absolute atomic E-state index is 6.51. The first-order valence-corrected chi connectivity index (χ1v) is 18.3. The predicted octanol–water partition coefficient (Wildman–Crippen LogP) is 7.71. The van der Waals surface area contributed by atoms with Gasteiger partial charge in [0.2, 0.25) is 5.78 Å². The van der Waals surface area contributed by atoms with Crippen molar-refractivity contribution in [3.63, 3.8) is 0 Å². The van der Waals surface area contributed by atoms with E-state index < -0.39 is 8.07 Å². The molecule has 0 unspecified atom stereocenters. The molecule has 7 aromatic carbocycles. The Labute approximate surface area is 277 Å². The van der Waals surface area contributed by atoms with Crippen molar-refractivity contribution in [2.24, 2.45) is 0 Å². The van der Waals surface area contributed by atoms with Crippen molar-refractivity contribution in [1.82, 2.24) is 14.0 Å². The van der Waals surface area contributed by atoms with E-state index in [1.807, 2.05) is 6.07 Å². The second kappa shape index (κ2) is 10.4. The molecule has 3 heterocycles. The monoisotopic (exact) mass is 631 g/mol. The van der Waals surface area contributed by atoms with Crippen LogP contribution in [0, 0.1) is 0 Å². The van der Waals surface area contributed by atoms with E-state index in [1.165, 1.54) is 20.7 Å². The molecule has 5 heteroatoms. The number of imidazole rings is 2. The van der Waals surface area contributed by atoms with Crippen LogP contribution in [-0.4, -0.2) is 22.0 Å². The van der Waals surface area contributed by atoms with Crippen LogP contribution in [0.3, 0.4) is 0 Å². The fourth-order valence-electron chi connectivity index (χ4n) is 7.80. The molecule has 0 spiro atoms. The van der Waals surface area contributed by atoms with Crippen molar-refractivity contribution in [1.29, 1.82) is 0 Å². The molecular weight excluding hydrogens is 603 g/mol. The van der Waals surface area contributed by atoms with Gasteiger partial charge in [0, 0.05) is 16.5 Å². The summed E-state index contributed by atoms with van der Waals surface area (Å²) in [5.41, 5.74) is 7.25. The van der Waals surface area contributed by atoms with Gasteiger partial charge in [0.15, 0.2) is 8.07 Å². The smallest absolute Gasteiger partial charge is 0.220 e. The zero-order valence-electron chi connectivity index (χ0n) is 26.0. The maximum Gasteiger partial charge on any atom is 0.220 e. The SMILES string of the molecule is c1ccc(-n2c3ccccc3n3c4cc([Si](c5ccccc5)(c5ccccc5)c5ccc6c(c5)oc5ccccc56)ccc4nc23)cc1. The first kappa shape index (κ1) is 27.0. The zero-order chi connectivity index (χ0) is 31.7. The van der Waals surface area contributed by atoms with Crippen LogP contribution in [-0.2, 0) is 0 Å². The lowest BCUT2D eigenvalue weighted by molar-refractivity contribution is 0.669. The van der Waals surface area contributed by atoms with Crippen LogP contribution >= 0.6 is 0 Å². The summed E-state index contributed by atoms with van der Waals surface area (Å²) >= 11 is 0. The molecule has 0 saturated carbocycles. The van der Waals surface area contributed by atoms with E-state index in [4.69, 9.17) is 9.40 Å². The summed E-state index contributed by atoms with van der Waals surface area (Å²) in [6, 6.07) is 63.4. The fourth-order valence-corrected chi connectivity index (χ4v) is 12.6. The minimum atomic E-state index is -2.88. The highest BCUT2D eigenvalue weighted by Gasteiger charge is 2.42. The summed E-state index contributed by atoms with van der Waals surface area (Å²) < 4.78 is 11.1. The minimum absolute atomic E-state index is 0.907. The van der Waals surface area contributed by atoms with Crippen LogP contribution in [0.1, 0.15) is 0 Å². The Morgan fingerprint density at radius 2 is 1.02 bits per heavy atom. The van der Waals surface area contributed by atoms with Crippen LogP contribution < -0.4 is 20.7 Å². The van der Waals surface area contributed by atoms with Gasteiger partial charge < -0.3 is 4.42 Å². The van der Waals surface area contributed by atoms with Crippen LogP contribution in [0.15, 0.2) is 180 Å². The van der Waals surface area contributed by atoms with Gasteiger partial charge in [-0.25, -0.2) is 4.98 Å². The molecule has 48 heavy (non-hydrogen) atoms. The molecule has 0 amide bonds. The van der Waals surface area contributed by atoms with E-state index in [2.05, 4.69) is 179 Å². The lowest BCUT2D eigenvalue weighted by Crippen LogP contribution is -2.74. The first-order chi connectivity index (χ1) is 23.8. The molecule has 0 bridgehead atoms. The summed E-state index contributed by atoms with van der Waals surface area (Å²) in [6.07, 6.45) is 0. The predicted molar refractivity (Wildman–Crippen MR) is 200 cm³/mol. The lowest BCUT2D eigenvalue weighted by Gasteiger charge is -2.34. The molecule has 0 atom stereocenters. The third-order valence-corrected chi connectivity index (χ3v) is 14.6. The van der Waals surface area contributed by atoms with Crippen molar-refractivity contribution in [3.05, 3.63) is 176 Å². The topological polar surface area (TPSA) is 35.4 Å². The number of hydrogen-bond acceptors (Lipinski definition) is 2. The minimum Gasteiger partial charge on any atom is -0.456 e. The Morgan fingerprint density at radius 3 is 1.77 bits per heavy atom. The van der Waals surface area contributed by atoms with Gasteiger partial charge in [0.1, 0.15) is 11.2 Å². The van der Waals surface area contributed by atoms with Gasteiger partial charge in [-0.15, -0.1) is 0 Å². The largest absolute Gasteiger partial charge is 0.456 e. The third kappa shape index (κ3) is 3.79. The molecule has 0 aliphatic heterocycles. The molecule has 0 N–H and O–H groups in total. The second-order valence-corrected chi connectivity index (χ2v) is 16.2. The van der Waals surface area contributed by atoms with Crippen molar-refractivity contribution in [2.75, 3.05) is 0 Å². The van der Waals surface area contributed by atoms with E-state index >= 15 is 0 Å². The average Bonchev–Trinajstić information content (AvgIpc) is 3.81. The van der Waals surface area contributed by atoms with Crippen LogP contribution in [0.5, 0.6) is 0 Å². The standard InChI is InChI=1S/C43H29N3OSi/c1-4-14-30(15-5-1)45-38-21-11-12-22-39(38)46-40-28-33(25-27-37(40)44-43(45)46)48(31-16-6-2-7-17-31,32-18-8-3-9-19-32)34-24-26-36-35-20-10-13-23-41(35)47-42(36)29-34/h1-29H. The molecule has 0 saturated heterocycles. The Morgan fingerprint density at radius 1 is 0.438 bits per heavy atom. The molecule has 0 fully saturated rings. The number of rotatable bonds is 5. The molecule has 3 aromatic heterocycles. The van der Waals surface area contributed by atoms with Gasteiger partial charge in [-0.05, 0) is 69.3 Å². The number of para-hydroxylation sites is 4. The summed E-state index contributed by atoms with van der Waals surface area (Å²) in [7, 11) is -2.88. The Hall–Kier alpha value is -6.17. The first-order valence-electron chi connectivity index (χ1n) is 16.3. The molecule has 10 rings (SSSR count). The summed E-state index contributed by atoms with van der Waals surface area (Å²) in [6.45, 7) is 0. The van der Waals surface area contributed by atoms with Gasteiger partial charge in [0.05, 0.1) is 22.1 Å². The van der Waals surface area contributed by atoms with Gasteiger partial charge in [-0.3, -0.25) is 8.97 Å². The summed E-state index contributed by atoms with van der Waals surface area (Å²) in [4.78, 5) is 5.26. The molecule has 226 valence electrons. The van der Waals surface area contributed by atoms with Crippen molar-refractivity contribution in [2.45, 2.75) is 0 Å². The Bertz CT molecular complexity index is 2740. The highest BCUT2D eigenvalue weighted by Crippen LogP contribution is 2.31. The van der Waals surface area contributed by atoms with Crippen molar-refractivity contribution >= 4 is 78.6 Å². The fraction of sp³-hybridized carbons (Fsp3) is 0. The average molecular weight is 632 g/mol. The van der Waals surface area contributed by atoms with Crippen LogP contribution in [0.4, 0.5) is 0 Å². The molecule has 10 aromatic rings. The maximum atomic E-state index is 6.51. The van der Waals surface area contributed by atoms with E-state index in [9.17, 15) is 0 Å². The molecule has 4 nitrogen and oxygen atoms in total. The quantitative estimate of drug-likeness (QED) is 0.144. The lowest BCUT2D eigenvalue weighted by atomic mass is 10.1. The number of furan rings is 1. The van der Waals surface area contributed by atoms with Gasteiger partial charge in [-0.2, -0.15) is 0 Å². The van der Waals surface area contributed by atoms with E-state index in [1.54, 1.807) is 0 Å². The Kier molecular flexibility index (Phi) is 5.86. The molecule has 0 aliphatic carbocycles. The van der Waals surface area contributed by atoms with Crippen molar-refractivity contribution in [3.8, 4) is 5.69 Å². The highest BCUT2D eigenvalue weighted by atomic mass is 28.3. The summed E-state index contributed by atoms with van der Waals surface area (Å²) in [5.74, 6) is 0.907. The van der Waals surface area contributed by atoms with Crippen LogP contribution in [0.2, 0.25) is 0 Å². The molecule has 0 radical (unpaired) electrons. The third-order valence-electron chi connectivity index (χ3n) is 9.87. The van der Waals surface area contributed by atoms with Gasteiger partial charge in [0.25, 0.3) is 0 Å². The number of aromatic nitrogens is 3. The van der Waals surface area contributed by atoms with E-state index in [0.717, 1.165) is 55.5 Å². The van der Waals surface area contributed by atoms with Crippen LogP contribution in [0.25, 0.3) is 55.5 Å². The summed E-state index contributed by atoms with van der Waals surface area (Å²) in [5, 5.41) is 7.49. The number of hydrogen-bond donors (Lipinski definition) is 0. The van der Waals surface area contributed by atoms with E-state index in [0.29, 0.717) is 0 Å².